The van der Waals surface area contributed by atoms with E-state index in [2.05, 4.69) is 40.0 Å². The molecule has 0 aromatic heterocycles. The van der Waals surface area contributed by atoms with Crippen LogP contribution in [0.25, 0.3) is 0 Å². The molecule has 0 radical (unpaired) electrons. The summed E-state index contributed by atoms with van der Waals surface area (Å²) in [5.74, 6) is -0.126. The first-order valence-corrected chi connectivity index (χ1v) is 6.80. The van der Waals surface area contributed by atoms with Gasteiger partial charge >= 0.3 is 0 Å². The van der Waals surface area contributed by atoms with Crippen LogP contribution in [0, 0.1) is 5.82 Å². The minimum absolute atomic E-state index is 0.126. The lowest BCUT2D eigenvalue weighted by atomic mass is 10.0. The van der Waals surface area contributed by atoms with Crippen LogP contribution in [-0.2, 0) is 0 Å². The number of nitrogens with zero attached hydrogens (tertiary/aromatic N) is 1. The molecule has 1 saturated heterocycles. The van der Waals surface area contributed by atoms with Crippen molar-refractivity contribution in [3.63, 3.8) is 0 Å². The molecule has 1 aromatic carbocycles. The lowest BCUT2D eigenvalue weighted by molar-refractivity contribution is 0.121. The molecule has 0 amide bonds. The van der Waals surface area contributed by atoms with Gasteiger partial charge in [0.25, 0.3) is 0 Å². The van der Waals surface area contributed by atoms with Crippen LogP contribution in [0.5, 0.6) is 0 Å². The molecule has 0 saturated carbocycles. The Bertz CT molecular complexity index is 395. The van der Waals surface area contributed by atoms with Crippen molar-refractivity contribution in [2.75, 3.05) is 19.6 Å². The van der Waals surface area contributed by atoms with Crippen molar-refractivity contribution in [3.05, 3.63) is 34.1 Å². The van der Waals surface area contributed by atoms with E-state index in [0.29, 0.717) is 6.04 Å². The number of hydrogen-bond donors (Lipinski definition) is 1. The van der Waals surface area contributed by atoms with Crippen LogP contribution >= 0.6 is 15.9 Å². The summed E-state index contributed by atoms with van der Waals surface area (Å²) < 4.78 is 14.8. The largest absolute Gasteiger partial charge is 0.314 e. The average molecular weight is 301 g/mol. The van der Waals surface area contributed by atoms with Crippen molar-refractivity contribution in [2.24, 2.45) is 0 Å². The molecule has 1 unspecified atom stereocenters. The summed E-state index contributed by atoms with van der Waals surface area (Å²) in [5, 5.41) is 3.34. The molecule has 1 N–H and O–H groups in total. The van der Waals surface area contributed by atoms with Gasteiger partial charge in [0.05, 0.1) is 6.04 Å². The van der Waals surface area contributed by atoms with E-state index in [4.69, 9.17) is 0 Å². The topological polar surface area (TPSA) is 15.3 Å². The zero-order chi connectivity index (χ0) is 12.4. The number of piperazine rings is 1. The number of nitrogens with one attached hydrogen (secondary N) is 1. The van der Waals surface area contributed by atoms with E-state index in [1.54, 1.807) is 6.07 Å². The lowest BCUT2D eigenvalue weighted by Crippen LogP contribution is -2.49. The maximum absolute atomic E-state index is 14.0. The van der Waals surface area contributed by atoms with E-state index >= 15 is 0 Å². The number of rotatable bonds is 2. The van der Waals surface area contributed by atoms with Crippen molar-refractivity contribution >= 4 is 15.9 Å². The molecule has 2 nitrogen and oxygen atoms in total. The van der Waals surface area contributed by atoms with Crippen LogP contribution in [0.1, 0.15) is 25.5 Å². The van der Waals surface area contributed by atoms with E-state index in [0.717, 1.165) is 29.7 Å². The highest BCUT2D eigenvalue weighted by atomic mass is 79.9. The third kappa shape index (κ3) is 2.87. The van der Waals surface area contributed by atoms with Gasteiger partial charge in [0.1, 0.15) is 5.82 Å². The fraction of sp³-hybridized carbons (Fsp3) is 0.538. The summed E-state index contributed by atoms with van der Waals surface area (Å²) in [6, 6.07) is 5.91. The second kappa shape index (κ2) is 5.46. The first-order chi connectivity index (χ1) is 8.09. The lowest BCUT2D eigenvalue weighted by Gasteiger charge is -2.39. The van der Waals surface area contributed by atoms with Crippen LogP contribution in [0.4, 0.5) is 4.39 Å². The molecule has 1 aromatic rings. The Hall–Kier alpha value is -0.450. The Morgan fingerprint density at radius 2 is 2.24 bits per heavy atom. The van der Waals surface area contributed by atoms with Gasteiger partial charge in [0.15, 0.2) is 0 Å². The highest BCUT2D eigenvalue weighted by molar-refractivity contribution is 9.10. The Morgan fingerprint density at radius 1 is 1.47 bits per heavy atom. The van der Waals surface area contributed by atoms with Gasteiger partial charge in [-0.2, -0.15) is 0 Å². The predicted octanol–water partition coefficient (Wildman–Crippen LogP) is 2.94. The van der Waals surface area contributed by atoms with Crippen molar-refractivity contribution < 1.29 is 4.39 Å². The fourth-order valence-corrected chi connectivity index (χ4v) is 2.73. The minimum atomic E-state index is -0.126. The van der Waals surface area contributed by atoms with Crippen LogP contribution < -0.4 is 5.32 Å². The molecule has 1 aliphatic rings. The van der Waals surface area contributed by atoms with Crippen LogP contribution in [0.2, 0.25) is 0 Å². The molecule has 1 atom stereocenters. The molecule has 2 rings (SSSR count). The maximum Gasteiger partial charge on any atom is 0.129 e. The number of hydrogen-bond acceptors (Lipinski definition) is 2. The van der Waals surface area contributed by atoms with Crippen molar-refractivity contribution in [1.82, 2.24) is 10.2 Å². The van der Waals surface area contributed by atoms with Crippen LogP contribution in [0.15, 0.2) is 22.7 Å². The molecule has 0 bridgehead atoms. The van der Waals surface area contributed by atoms with E-state index in [1.165, 1.54) is 0 Å². The third-order valence-electron chi connectivity index (χ3n) is 3.27. The monoisotopic (exact) mass is 300 g/mol. The SMILES string of the molecule is CC(C)N1CCNCC1c1ccc(Br)cc1F. The summed E-state index contributed by atoms with van der Waals surface area (Å²) in [4.78, 5) is 2.35. The summed E-state index contributed by atoms with van der Waals surface area (Å²) >= 11 is 3.30. The first-order valence-electron chi connectivity index (χ1n) is 6.01. The first kappa shape index (κ1) is 13.0. The third-order valence-corrected chi connectivity index (χ3v) is 3.76. The zero-order valence-electron chi connectivity index (χ0n) is 10.2. The second-order valence-electron chi connectivity index (χ2n) is 4.72. The number of benzene rings is 1. The normalized spacial score (nSPS) is 22.1. The second-order valence-corrected chi connectivity index (χ2v) is 5.63. The van der Waals surface area contributed by atoms with E-state index in [1.807, 2.05) is 12.1 Å². The van der Waals surface area contributed by atoms with Gasteiger partial charge in [-0.25, -0.2) is 4.39 Å². The molecule has 1 aliphatic heterocycles. The minimum Gasteiger partial charge on any atom is -0.314 e. The molecular formula is C13H18BrFN2. The van der Waals surface area contributed by atoms with E-state index in [-0.39, 0.29) is 11.9 Å². The quantitative estimate of drug-likeness (QED) is 0.903. The van der Waals surface area contributed by atoms with E-state index < -0.39 is 0 Å². The van der Waals surface area contributed by atoms with Gasteiger partial charge in [-0.3, -0.25) is 4.90 Å². The number of halogens is 2. The van der Waals surface area contributed by atoms with Gasteiger partial charge in [-0.15, -0.1) is 0 Å². The standard InChI is InChI=1S/C13H18BrFN2/c1-9(2)17-6-5-16-8-13(17)11-4-3-10(14)7-12(11)15/h3-4,7,9,13,16H,5-6,8H2,1-2H3. The Labute approximate surface area is 110 Å². The predicted molar refractivity (Wildman–Crippen MR) is 71.6 cm³/mol. The summed E-state index contributed by atoms with van der Waals surface area (Å²) in [7, 11) is 0. The highest BCUT2D eigenvalue weighted by Crippen LogP contribution is 2.28. The smallest absolute Gasteiger partial charge is 0.129 e. The van der Waals surface area contributed by atoms with Crippen LogP contribution in [-0.4, -0.2) is 30.6 Å². The summed E-state index contributed by atoms with van der Waals surface area (Å²) in [6.07, 6.45) is 0. The van der Waals surface area contributed by atoms with Gasteiger partial charge in [0, 0.05) is 35.7 Å². The summed E-state index contributed by atoms with van der Waals surface area (Å²) in [6.45, 7) is 7.09. The molecule has 4 heteroatoms. The molecule has 0 aliphatic carbocycles. The molecule has 17 heavy (non-hydrogen) atoms. The Balaban J connectivity index is 2.29. The van der Waals surface area contributed by atoms with Crippen molar-refractivity contribution in [2.45, 2.75) is 25.9 Å². The van der Waals surface area contributed by atoms with Gasteiger partial charge < -0.3 is 5.32 Å². The zero-order valence-corrected chi connectivity index (χ0v) is 11.8. The van der Waals surface area contributed by atoms with Crippen molar-refractivity contribution in [3.8, 4) is 0 Å². The van der Waals surface area contributed by atoms with Crippen molar-refractivity contribution in [1.29, 1.82) is 0 Å². The highest BCUT2D eigenvalue weighted by Gasteiger charge is 2.27. The average Bonchev–Trinajstić information content (AvgIpc) is 2.29. The fourth-order valence-electron chi connectivity index (χ4n) is 2.40. The van der Waals surface area contributed by atoms with Gasteiger partial charge in [-0.1, -0.05) is 22.0 Å². The molecule has 0 spiro atoms. The molecular weight excluding hydrogens is 283 g/mol. The Morgan fingerprint density at radius 3 is 2.88 bits per heavy atom. The van der Waals surface area contributed by atoms with Gasteiger partial charge in [0.2, 0.25) is 0 Å². The van der Waals surface area contributed by atoms with E-state index in [9.17, 15) is 4.39 Å². The Kier molecular flexibility index (Phi) is 4.17. The molecule has 1 fully saturated rings. The molecule has 1 heterocycles. The summed E-state index contributed by atoms with van der Waals surface area (Å²) in [5.41, 5.74) is 0.786. The van der Waals surface area contributed by atoms with Gasteiger partial charge in [-0.05, 0) is 26.0 Å². The van der Waals surface area contributed by atoms with Crippen LogP contribution in [0.3, 0.4) is 0 Å². The maximum atomic E-state index is 14.0. The molecule has 94 valence electrons.